The maximum Gasteiger partial charge on any atom is 0.255 e. The second-order valence-corrected chi connectivity index (χ2v) is 8.44. The highest BCUT2D eigenvalue weighted by Gasteiger charge is 2.27. The van der Waals surface area contributed by atoms with Crippen molar-refractivity contribution >= 4 is 32.9 Å². The molecule has 1 fully saturated rings. The number of para-hydroxylation sites is 2. The van der Waals surface area contributed by atoms with E-state index >= 15 is 0 Å². The Hall–Kier alpha value is -3.19. The number of nitrogens with zero attached hydrogens (tertiary/aromatic N) is 3. The zero-order valence-electron chi connectivity index (χ0n) is 16.7. The summed E-state index contributed by atoms with van der Waals surface area (Å²) < 4.78 is 12.6. The molecule has 0 aliphatic carbocycles. The number of benzene rings is 2. The molecule has 1 saturated heterocycles. The smallest absolute Gasteiger partial charge is 0.255 e. The lowest BCUT2D eigenvalue weighted by atomic mass is 9.96. The average molecular weight is 478 g/mol. The second-order valence-electron chi connectivity index (χ2n) is 7.53. The van der Waals surface area contributed by atoms with E-state index in [1.54, 1.807) is 18.3 Å². The highest BCUT2D eigenvalue weighted by atomic mass is 79.9. The number of fused-ring (bicyclic) bond motifs is 1. The molecule has 5 rings (SSSR count). The third-order valence-electron chi connectivity index (χ3n) is 5.46. The van der Waals surface area contributed by atoms with Crippen molar-refractivity contribution in [3.8, 4) is 11.6 Å². The quantitative estimate of drug-likeness (QED) is 0.371. The lowest BCUT2D eigenvalue weighted by Crippen LogP contribution is -2.38. The van der Waals surface area contributed by atoms with Crippen LogP contribution in [0.2, 0.25) is 0 Å². The summed E-state index contributed by atoms with van der Waals surface area (Å²) in [7, 11) is 0. The molecule has 1 aliphatic rings. The van der Waals surface area contributed by atoms with Gasteiger partial charge in [-0.25, -0.2) is 9.97 Å². The highest BCUT2D eigenvalue weighted by Crippen LogP contribution is 2.30. The van der Waals surface area contributed by atoms with E-state index in [0.717, 1.165) is 34.3 Å². The SMILES string of the molecule is O=C(c1ccc(Oc2ccc(Br)cc2)nc1)N1CCC(c2nc3ccccc3o2)CC1. The summed E-state index contributed by atoms with van der Waals surface area (Å²) in [6.07, 6.45) is 3.23. The van der Waals surface area contributed by atoms with Gasteiger partial charge in [-0.05, 0) is 55.3 Å². The molecule has 0 atom stereocenters. The van der Waals surface area contributed by atoms with Crippen LogP contribution >= 0.6 is 15.9 Å². The Kier molecular flexibility index (Phi) is 5.42. The number of halogens is 1. The Morgan fingerprint density at radius 2 is 1.81 bits per heavy atom. The molecule has 0 unspecified atom stereocenters. The first-order valence-electron chi connectivity index (χ1n) is 10.2. The third kappa shape index (κ3) is 4.32. The molecule has 0 N–H and O–H groups in total. The lowest BCUT2D eigenvalue weighted by molar-refractivity contribution is 0.0706. The van der Waals surface area contributed by atoms with Crippen LogP contribution in [0.1, 0.15) is 35.0 Å². The van der Waals surface area contributed by atoms with Gasteiger partial charge in [-0.1, -0.05) is 28.1 Å². The third-order valence-corrected chi connectivity index (χ3v) is 5.99. The molecule has 0 bridgehead atoms. The fourth-order valence-electron chi connectivity index (χ4n) is 3.77. The number of carbonyl (C=O) groups is 1. The average Bonchev–Trinajstić information content (AvgIpc) is 3.25. The minimum Gasteiger partial charge on any atom is -0.440 e. The molecule has 2 aromatic heterocycles. The van der Waals surface area contributed by atoms with Gasteiger partial charge in [0.1, 0.15) is 11.3 Å². The highest BCUT2D eigenvalue weighted by molar-refractivity contribution is 9.10. The fourth-order valence-corrected chi connectivity index (χ4v) is 4.03. The lowest BCUT2D eigenvalue weighted by Gasteiger charge is -2.30. The van der Waals surface area contributed by atoms with Gasteiger partial charge in [0.2, 0.25) is 5.88 Å². The van der Waals surface area contributed by atoms with Gasteiger partial charge in [-0.3, -0.25) is 4.79 Å². The second kappa shape index (κ2) is 8.51. The molecular formula is C24H20BrN3O3. The first kappa shape index (κ1) is 19.8. The maximum absolute atomic E-state index is 12.9. The number of hydrogen-bond acceptors (Lipinski definition) is 5. The number of pyridine rings is 1. The number of hydrogen-bond donors (Lipinski definition) is 0. The Morgan fingerprint density at radius 1 is 1.03 bits per heavy atom. The van der Waals surface area contributed by atoms with E-state index in [2.05, 4.69) is 25.9 Å². The van der Waals surface area contributed by atoms with Crippen LogP contribution in [0.3, 0.4) is 0 Å². The number of likely N-dealkylation sites (tertiary alicyclic amines) is 1. The Labute approximate surface area is 188 Å². The van der Waals surface area contributed by atoms with Crippen molar-refractivity contribution in [1.29, 1.82) is 0 Å². The monoisotopic (exact) mass is 477 g/mol. The van der Waals surface area contributed by atoms with E-state index in [4.69, 9.17) is 9.15 Å². The Balaban J connectivity index is 1.20. The minimum atomic E-state index is -0.0151. The molecule has 0 saturated carbocycles. The van der Waals surface area contributed by atoms with E-state index in [0.29, 0.717) is 30.3 Å². The number of piperidine rings is 1. The molecule has 156 valence electrons. The van der Waals surface area contributed by atoms with Crippen molar-refractivity contribution < 1.29 is 13.9 Å². The summed E-state index contributed by atoms with van der Waals surface area (Å²) in [4.78, 5) is 23.7. The van der Waals surface area contributed by atoms with Gasteiger partial charge in [0.15, 0.2) is 11.5 Å². The summed E-state index contributed by atoms with van der Waals surface area (Å²) in [6.45, 7) is 1.33. The van der Waals surface area contributed by atoms with Crippen molar-refractivity contribution in [2.75, 3.05) is 13.1 Å². The number of ether oxygens (including phenoxy) is 1. The predicted octanol–water partition coefficient (Wildman–Crippen LogP) is 5.80. The van der Waals surface area contributed by atoms with Gasteiger partial charge in [0, 0.05) is 35.7 Å². The van der Waals surface area contributed by atoms with Crippen LogP contribution in [0.4, 0.5) is 0 Å². The first-order chi connectivity index (χ1) is 15.2. The van der Waals surface area contributed by atoms with Crippen LogP contribution in [-0.2, 0) is 0 Å². The molecule has 0 spiro atoms. The van der Waals surface area contributed by atoms with Crippen LogP contribution < -0.4 is 4.74 Å². The van der Waals surface area contributed by atoms with Gasteiger partial charge in [0.25, 0.3) is 5.91 Å². The molecule has 2 aromatic carbocycles. The summed E-state index contributed by atoms with van der Waals surface area (Å²) in [5.74, 6) is 2.13. The van der Waals surface area contributed by atoms with Crippen molar-refractivity contribution in [3.63, 3.8) is 0 Å². The van der Waals surface area contributed by atoms with Crippen molar-refractivity contribution in [1.82, 2.24) is 14.9 Å². The van der Waals surface area contributed by atoms with Gasteiger partial charge in [-0.15, -0.1) is 0 Å². The number of carbonyl (C=O) groups excluding carboxylic acids is 1. The van der Waals surface area contributed by atoms with Crippen molar-refractivity contribution in [2.24, 2.45) is 0 Å². The summed E-state index contributed by atoms with van der Waals surface area (Å²) >= 11 is 3.40. The molecule has 0 radical (unpaired) electrons. The van der Waals surface area contributed by atoms with Crippen LogP contribution in [0.25, 0.3) is 11.1 Å². The zero-order valence-corrected chi connectivity index (χ0v) is 18.3. The molecule has 1 amide bonds. The van der Waals surface area contributed by atoms with Gasteiger partial charge >= 0.3 is 0 Å². The number of oxazole rings is 1. The predicted molar refractivity (Wildman–Crippen MR) is 120 cm³/mol. The summed E-state index contributed by atoms with van der Waals surface area (Å²) in [6, 6.07) is 18.8. The number of rotatable bonds is 4. The van der Waals surface area contributed by atoms with Crippen LogP contribution in [0.5, 0.6) is 11.6 Å². The van der Waals surface area contributed by atoms with E-state index in [1.807, 2.05) is 53.4 Å². The van der Waals surface area contributed by atoms with E-state index in [1.165, 1.54) is 0 Å². The zero-order chi connectivity index (χ0) is 21.2. The Bertz CT molecular complexity index is 1160. The van der Waals surface area contributed by atoms with Crippen LogP contribution in [0, 0.1) is 0 Å². The Morgan fingerprint density at radius 3 is 2.52 bits per heavy atom. The van der Waals surface area contributed by atoms with Crippen molar-refractivity contribution in [2.45, 2.75) is 18.8 Å². The summed E-state index contributed by atoms with van der Waals surface area (Å²) in [5, 5.41) is 0. The molecular weight excluding hydrogens is 458 g/mol. The van der Waals surface area contributed by atoms with Gasteiger partial charge < -0.3 is 14.1 Å². The van der Waals surface area contributed by atoms with Gasteiger partial charge in [0.05, 0.1) is 5.56 Å². The van der Waals surface area contributed by atoms with Crippen LogP contribution in [-0.4, -0.2) is 33.9 Å². The molecule has 1 aliphatic heterocycles. The molecule has 6 nitrogen and oxygen atoms in total. The van der Waals surface area contributed by atoms with Gasteiger partial charge in [-0.2, -0.15) is 0 Å². The maximum atomic E-state index is 12.9. The topological polar surface area (TPSA) is 68.5 Å². The summed E-state index contributed by atoms with van der Waals surface area (Å²) in [5.41, 5.74) is 2.25. The van der Waals surface area contributed by atoms with E-state index in [-0.39, 0.29) is 11.8 Å². The van der Waals surface area contributed by atoms with E-state index in [9.17, 15) is 4.79 Å². The van der Waals surface area contributed by atoms with Crippen LogP contribution in [0.15, 0.2) is 75.8 Å². The first-order valence-corrected chi connectivity index (χ1v) is 11.0. The van der Waals surface area contributed by atoms with Crippen molar-refractivity contribution in [3.05, 3.63) is 82.8 Å². The number of amides is 1. The minimum absolute atomic E-state index is 0.0151. The number of aromatic nitrogens is 2. The fraction of sp³-hybridized carbons (Fsp3) is 0.208. The standard InChI is InChI=1S/C24H20BrN3O3/c25-18-6-8-19(9-7-18)30-22-10-5-17(15-26-22)24(29)28-13-11-16(12-14-28)23-27-20-3-1-2-4-21(20)31-23/h1-10,15-16H,11-14H2. The normalized spacial score (nSPS) is 14.7. The van der Waals surface area contributed by atoms with E-state index < -0.39 is 0 Å². The molecule has 3 heterocycles. The molecule has 7 heteroatoms. The largest absolute Gasteiger partial charge is 0.440 e. The molecule has 31 heavy (non-hydrogen) atoms. The molecule has 4 aromatic rings.